The van der Waals surface area contributed by atoms with Crippen LogP contribution in [0.4, 0.5) is 11.6 Å². The van der Waals surface area contributed by atoms with E-state index < -0.39 is 0 Å². The van der Waals surface area contributed by atoms with E-state index in [4.69, 9.17) is 10.5 Å². The molecule has 0 aromatic carbocycles. The molecule has 1 amide bonds. The number of fused-ring (bicyclic) bond motifs is 1. The van der Waals surface area contributed by atoms with Gasteiger partial charge in [-0.25, -0.2) is 14.5 Å². The molecule has 8 nitrogen and oxygen atoms in total. The molecule has 3 rings (SSSR count). The van der Waals surface area contributed by atoms with E-state index >= 15 is 0 Å². The molecule has 3 heterocycles. The average Bonchev–Trinajstić information content (AvgIpc) is 2.88. The smallest absolute Gasteiger partial charge is 0.260 e. The van der Waals surface area contributed by atoms with Gasteiger partial charge in [-0.1, -0.05) is 0 Å². The first-order valence-electron chi connectivity index (χ1n) is 7.08. The number of nitrogens with zero attached hydrogens (tertiary/aromatic N) is 4. The maximum absolute atomic E-state index is 12.5. The van der Waals surface area contributed by atoms with Gasteiger partial charge >= 0.3 is 0 Å². The first-order valence-corrected chi connectivity index (χ1v) is 7.08. The summed E-state index contributed by atoms with van der Waals surface area (Å²) in [6, 6.07) is 3.61. The molecular formula is C15H16N6O2. The van der Waals surface area contributed by atoms with Gasteiger partial charge in [-0.05, 0) is 26.0 Å². The van der Waals surface area contributed by atoms with Crippen molar-refractivity contribution in [3.63, 3.8) is 0 Å². The molecular weight excluding hydrogens is 296 g/mol. The van der Waals surface area contributed by atoms with E-state index in [-0.39, 0.29) is 11.7 Å². The highest BCUT2D eigenvalue weighted by Gasteiger charge is 2.16. The normalized spacial score (nSPS) is 10.7. The Labute approximate surface area is 132 Å². The fourth-order valence-corrected chi connectivity index (χ4v) is 2.18. The largest absolute Gasteiger partial charge is 0.491 e. The predicted octanol–water partition coefficient (Wildman–Crippen LogP) is 1.67. The third-order valence-electron chi connectivity index (χ3n) is 3.14. The van der Waals surface area contributed by atoms with Gasteiger partial charge in [0.1, 0.15) is 11.6 Å². The molecule has 0 bridgehead atoms. The number of hydrogen-bond donors (Lipinski definition) is 2. The van der Waals surface area contributed by atoms with Crippen LogP contribution in [0.5, 0.6) is 5.75 Å². The molecule has 8 heteroatoms. The van der Waals surface area contributed by atoms with Crippen LogP contribution in [0.1, 0.15) is 23.0 Å². The molecule has 0 saturated carbocycles. The lowest BCUT2D eigenvalue weighted by molar-refractivity contribution is 0.102. The van der Waals surface area contributed by atoms with Gasteiger partial charge in [0, 0.05) is 0 Å². The number of carbonyl (C=O) groups is 1. The Morgan fingerprint density at radius 1 is 1.35 bits per heavy atom. The standard InChI is InChI=1S/C15H16N6O2/c1-3-23-12-8-21-10(4-9(2)20-21)5-11(12)15(22)19-14-7-17-13(16)6-18-14/h4-8H,3H2,1-2H3,(H2,16,17)(H,18,19,22). The second-order valence-electron chi connectivity index (χ2n) is 4.92. The number of pyridine rings is 1. The number of aryl methyl sites for hydroxylation is 1. The number of nitrogen functional groups attached to an aromatic ring is 1. The van der Waals surface area contributed by atoms with E-state index in [1.165, 1.54) is 12.4 Å². The molecule has 0 unspecified atom stereocenters. The number of aromatic nitrogens is 4. The summed E-state index contributed by atoms with van der Waals surface area (Å²) >= 11 is 0. The Morgan fingerprint density at radius 2 is 2.17 bits per heavy atom. The number of amides is 1. The first-order chi connectivity index (χ1) is 11.1. The fourth-order valence-electron chi connectivity index (χ4n) is 2.18. The summed E-state index contributed by atoms with van der Waals surface area (Å²) in [5.41, 5.74) is 7.54. The van der Waals surface area contributed by atoms with Crippen LogP contribution in [-0.4, -0.2) is 32.1 Å². The summed E-state index contributed by atoms with van der Waals surface area (Å²) in [4.78, 5) is 20.4. The van der Waals surface area contributed by atoms with Crippen LogP contribution in [0, 0.1) is 6.92 Å². The van der Waals surface area contributed by atoms with Gasteiger partial charge in [0.05, 0.1) is 42.0 Å². The van der Waals surface area contributed by atoms with E-state index in [1.54, 1.807) is 16.8 Å². The van der Waals surface area contributed by atoms with Crippen LogP contribution in [0.3, 0.4) is 0 Å². The zero-order valence-corrected chi connectivity index (χ0v) is 12.8. The quantitative estimate of drug-likeness (QED) is 0.758. The molecule has 0 atom stereocenters. The molecule has 0 fully saturated rings. The van der Waals surface area contributed by atoms with Crippen molar-refractivity contribution < 1.29 is 9.53 Å². The minimum atomic E-state index is -0.339. The molecule has 118 valence electrons. The highest BCUT2D eigenvalue weighted by atomic mass is 16.5. The molecule has 0 aliphatic rings. The molecule has 3 aromatic rings. The summed E-state index contributed by atoms with van der Waals surface area (Å²) in [5.74, 6) is 0.711. The number of hydrogen-bond acceptors (Lipinski definition) is 6. The third-order valence-corrected chi connectivity index (χ3v) is 3.14. The molecule has 23 heavy (non-hydrogen) atoms. The zero-order valence-electron chi connectivity index (χ0n) is 12.8. The second-order valence-corrected chi connectivity index (χ2v) is 4.92. The van der Waals surface area contributed by atoms with E-state index in [0.717, 1.165) is 11.2 Å². The maximum atomic E-state index is 12.5. The Bertz CT molecular complexity index is 856. The van der Waals surface area contributed by atoms with Crippen LogP contribution in [0.15, 0.2) is 30.7 Å². The van der Waals surface area contributed by atoms with Crippen molar-refractivity contribution in [3.8, 4) is 5.75 Å². The van der Waals surface area contributed by atoms with Crippen molar-refractivity contribution >= 4 is 23.1 Å². The summed E-state index contributed by atoms with van der Waals surface area (Å²) in [6.07, 6.45) is 4.47. The minimum Gasteiger partial charge on any atom is -0.491 e. The topological polar surface area (TPSA) is 107 Å². The Kier molecular flexibility index (Phi) is 3.80. The molecule has 0 aliphatic carbocycles. The maximum Gasteiger partial charge on any atom is 0.260 e. The van der Waals surface area contributed by atoms with Gasteiger partial charge in [0.2, 0.25) is 0 Å². The van der Waals surface area contributed by atoms with E-state index in [9.17, 15) is 4.79 Å². The predicted molar refractivity (Wildman–Crippen MR) is 85.5 cm³/mol. The Hall–Kier alpha value is -3.16. The highest BCUT2D eigenvalue weighted by molar-refractivity contribution is 6.06. The Balaban J connectivity index is 1.97. The molecule has 0 spiro atoms. The minimum absolute atomic E-state index is 0.286. The monoisotopic (exact) mass is 312 g/mol. The van der Waals surface area contributed by atoms with Crippen LogP contribution < -0.4 is 15.8 Å². The molecule has 3 N–H and O–H groups in total. The summed E-state index contributed by atoms with van der Waals surface area (Å²) in [7, 11) is 0. The molecule has 3 aromatic heterocycles. The first kappa shape index (κ1) is 14.8. The third kappa shape index (κ3) is 3.05. The van der Waals surface area contributed by atoms with Crippen molar-refractivity contribution in [1.82, 2.24) is 19.6 Å². The van der Waals surface area contributed by atoms with Crippen molar-refractivity contribution in [2.75, 3.05) is 17.7 Å². The number of anilines is 2. The van der Waals surface area contributed by atoms with E-state index in [2.05, 4.69) is 20.4 Å². The van der Waals surface area contributed by atoms with Crippen LogP contribution >= 0.6 is 0 Å². The van der Waals surface area contributed by atoms with Gasteiger partial charge in [-0.3, -0.25) is 4.79 Å². The van der Waals surface area contributed by atoms with Gasteiger partial charge < -0.3 is 15.8 Å². The van der Waals surface area contributed by atoms with Gasteiger partial charge in [0.25, 0.3) is 5.91 Å². The van der Waals surface area contributed by atoms with Crippen molar-refractivity contribution in [3.05, 3.63) is 42.0 Å². The van der Waals surface area contributed by atoms with Gasteiger partial charge in [-0.2, -0.15) is 5.10 Å². The zero-order chi connectivity index (χ0) is 16.4. The lowest BCUT2D eigenvalue weighted by atomic mass is 10.2. The molecule has 0 aliphatic heterocycles. The van der Waals surface area contributed by atoms with Gasteiger partial charge in [0.15, 0.2) is 5.82 Å². The van der Waals surface area contributed by atoms with Crippen LogP contribution in [0.2, 0.25) is 0 Å². The van der Waals surface area contributed by atoms with Crippen molar-refractivity contribution in [2.45, 2.75) is 13.8 Å². The highest BCUT2D eigenvalue weighted by Crippen LogP contribution is 2.22. The summed E-state index contributed by atoms with van der Waals surface area (Å²) in [5, 5.41) is 7.00. The summed E-state index contributed by atoms with van der Waals surface area (Å²) in [6.45, 7) is 4.18. The summed E-state index contributed by atoms with van der Waals surface area (Å²) < 4.78 is 7.24. The van der Waals surface area contributed by atoms with Crippen LogP contribution in [0.25, 0.3) is 5.52 Å². The molecule has 0 radical (unpaired) electrons. The van der Waals surface area contributed by atoms with Gasteiger partial charge in [-0.15, -0.1) is 0 Å². The number of carbonyl (C=O) groups excluding carboxylic acids is 1. The van der Waals surface area contributed by atoms with Crippen molar-refractivity contribution in [1.29, 1.82) is 0 Å². The lowest BCUT2D eigenvalue weighted by Gasteiger charge is -2.11. The lowest BCUT2D eigenvalue weighted by Crippen LogP contribution is -2.15. The number of nitrogens with two attached hydrogens (primary N) is 1. The Morgan fingerprint density at radius 3 is 2.87 bits per heavy atom. The van der Waals surface area contributed by atoms with Crippen LogP contribution in [-0.2, 0) is 0 Å². The fraction of sp³-hybridized carbons (Fsp3) is 0.200. The van der Waals surface area contributed by atoms with E-state index in [0.29, 0.717) is 23.7 Å². The SMILES string of the molecule is CCOc1cn2nc(C)cc2cc1C(=O)Nc1cnc(N)cn1. The number of rotatable bonds is 4. The average molecular weight is 312 g/mol. The molecule has 0 saturated heterocycles. The number of nitrogens with one attached hydrogen (secondary N) is 1. The van der Waals surface area contributed by atoms with E-state index in [1.807, 2.05) is 19.9 Å². The number of ether oxygens (including phenoxy) is 1. The van der Waals surface area contributed by atoms with Crippen molar-refractivity contribution in [2.24, 2.45) is 0 Å². The second kappa shape index (κ2) is 5.91.